The van der Waals surface area contributed by atoms with Crippen molar-refractivity contribution in [1.82, 2.24) is 9.80 Å². The molecule has 0 aliphatic carbocycles. The molecule has 1 heterocycles. The fourth-order valence-corrected chi connectivity index (χ4v) is 4.38. The van der Waals surface area contributed by atoms with Crippen molar-refractivity contribution in [2.24, 2.45) is 0 Å². The van der Waals surface area contributed by atoms with Crippen molar-refractivity contribution in [3.8, 4) is 0 Å². The van der Waals surface area contributed by atoms with Crippen molar-refractivity contribution >= 4 is 18.2 Å². The molecule has 1 aliphatic heterocycles. The van der Waals surface area contributed by atoms with E-state index in [0.29, 0.717) is 0 Å². The topological polar surface area (TPSA) is 85.4 Å². The van der Waals surface area contributed by atoms with Crippen LogP contribution in [-0.4, -0.2) is 58.7 Å². The smallest absolute Gasteiger partial charge is 0.411 e. The molecule has 0 saturated carbocycles. The number of rotatable bonds is 8. The number of hydrogen-bond acceptors (Lipinski definition) is 6. The molecule has 2 amide bonds. The van der Waals surface area contributed by atoms with Crippen LogP contribution in [0.15, 0.2) is 72.8 Å². The van der Waals surface area contributed by atoms with E-state index in [0.717, 1.165) is 11.1 Å². The van der Waals surface area contributed by atoms with Crippen LogP contribution >= 0.6 is 0 Å². The van der Waals surface area contributed by atoms with Crippen molar-refractivity contribution in [1.29, 1.82) is 0 Å². The van der Waals surface area contributed by atoms with Crippen LogP contribution in [0.3, 0.4) is 0 Å². The van der Waals surface area contributed by atoms with Crippen molar-refractivity contribution in [2.45, 2.75) is 70.9 Å². The first-order valence-electron chi connectivity index (χ1n) is 12.8. The largest absolute Gasteiger partial charge is 0.459 e. The van der Waals surface area contributed by atoms with Gasteiger partial charge in [-0.25, -0.2) is 14.4 Å². The fraction of sp³-hybridized carbons (Fsp3) is 0.433. The van der Waals surface area contributed by atoms with Crippen LogP contribution < -0.4 is 0 Å². The molecule has 1 aliphatic rings. The molecule has 0 bridgehead atoms. The number of allylic oxidation sites excluding steroid dienone is 1. The second kappa shape index (κ2) is 12.6. The van der Waals surface area contributed by atoms with Gasteiger partial charge in [-0.1, -0.05) is 72.8 Å². The first-order valence-corrected chi connectivity index (χ1v) is 12.8. The molecule has 38 heavy (non-hydrogen) atoms. The molecule has 1 saturated heterocycles. The highest BCUT2D eigenvalue weighted by Gasteiger charge is 2.56. The lowest BCUT2D eigenvalue weighted by Crippen LogP contribution is -2.53. The third kappa shape index (κ3) is 7.37. The highest BCUT2D eigenvalue weighted by molar-refractivity contribution is 5.87. The lowest BCUT2D eigenvalue weighted by atomic mass is 9.90. The minimum atomic E-state index is -1.35. The zero-order valence-corrected chi connectivity index (χ0v) is 22.9. The quantitative estimate of drug-likeness (QED) is 0.251. The van der Waals surface area contributed by atoms with Gasteiger partial charge in [-0.2, -0.15) is 0 Å². The summed E-state index contributed by atoms with van der Waals surface area (Å²) in [4.78, 5) is 43.0. The maximum Gasteiger partial charge on any atom is 0.411 e. The number of nitrogens with zero attached hydrogens (tertiary/aromatic N) is 2. The summed E-state index contributed by atoms with van der Waals surface area (Å²) >= 11 is 0. The maximum absolute atomic E-state index is 13.8. The average molecular weight is 523 g/mol. The van der Waals surface area contributed by atoms with E-state index in [2.05, 4.69) is 0 Å². The molecule has 2 aromatic carbocycles. The van der Waals surface area contributed by atoms with E-state index in [1.165, 1.54) is 9.80 Å². The summed E-state index contributed by atoms with van der Waals surface area (Å²) in [5.41, 5.74) is -0.376. The Kier molecular flexibility index (Phi) is 9.55. The Morgan fingerprint density at radius 3 is 2.05 bits per heavy atom. The van der Waals surface area contributed by atoms with Crippen LogP contribution in [0.4, 0.5) is 9.59 Å². The number of likely N-dealkylation sites (tertiary alicyclic amines) is 1. The Bertz CT molecular complexity index is 1110. The number of likely N-dealkylation sites (N-methyl/N-ethyl adjacent to an activating group) is 1. The molecule has 0 spiro atoms. The first-order chi connectivity index (χ1) is 18.1. The molecular weight excluding hydrogens is 484 g/mol. The van der Waals surface area contributed by atoms with Gasteiger partial charge in [0.05, 0.1) is 6.04 Å². The predicted octanol–water partition coefficient (Wildman–Crippen LogP) is 5.71. The highest BCUT2D eigenvalue weighted by atomic mass is 16.6. The molecule has 204 valence electrons. The maximum atomic E-state index is 13.8. The normalized spacial score (nSPS) is 19.3. The molecule has 0 N–H and O–H groups in total. The van der Waals surface area contributed by atoms with Gasteiger partial charge in [0, 0.05) is 20.0 Å². The van der Waals surface area contributed by atoms with Gasteiger partial charge in [-0.05, 0) is 45.2 Å². The van der Waals surface area contributed by atoms with Crippen molar-refractivity contribution in [2.75, 3.05) is 13.6 Å². The minimum Gasteiger partial charge on any atom is -0.459 e. The molecule has 2 aromatic rings. The molecule has 8 heteroatoms. The van der Waals surface area contributed by atoms with Crippen molar-refractivity contribution in [3.63, 3.8) is 0 Å². The van der Waals surface area contributed by atoms with Gasteiger partial charge in [0.15, 0.2) is 0 Å². The number of ether oxygens (including phenoxy) is 3. The van der Waals surface area contributed by atoms with E-state index in [4.69, 9.17) is 14.2 Å². The standard InChI is InChI=1S/C30H38N2O6/c1-6-7-18-30(26(33)36-21-23-14-10-8-11-15-23)19-25(31(5)27(34)38-29(2,3)4)20-32(30)28(35)37-22-24-16-12-9-13-17-24/h6-17,25H,18-22H2,1-5H3/t25-,30?/m1/s1. The van der Waals surface area contributed by atoms with Gasteiger partial charge in [0.25, 0.3) is 0 Å². The van der Waals surface area contributed by atoms with E-state index < -0.39 is 35.3 Å². The zero-order chi connectivity index (χ0) is 27.8. The average Bonchev–Trinajstić information content (AvgIpc) is 3.30. The molecule has 0 aromatic heterocycles. The summed E-state index contributed by atoms with van der Waals surface area (Å²) in [6, 6.07) is 18.2. The third-order valence-corrected chi connectivity index (χ3v) is 6.42. The third-order valence-electron chi connectivity index (χ3n) is 6.42. The lowest BCUT2D eigenvalue weighted by molar-refractivity contribution is -0.157. The number of esters is 1. The van der Waals surface area contributed by atoms with E-state index in [-0.39, 0.29) is 32.6 Å². The number of amides is 2. The second-order valence-corrected chi connectivity index (χ2v) is 10.5. The van der Waals surface area contributed by atoms with E-state index in [1.807, 2.05) is 79.7 Å². The molecule has 8 nitrogen and oxygen atoms in total. The number of carbonyl (C=O) groups excluding carboxylic acids is 3. The summed E-state index contributed by atoms with van der Waals surface area (Å²) in [5.74, 6) is -0.545. The molecule has 1 fully saturated rings. The first kappa shape index (κ1) is 28.8. The summed E-state index contributed by atoms with van der Waals surface area (Å²) in [5, 5.41) is 0. The Morgan fingerprint density at radius 1 is 0.974 bits per heavy atom. The lowest BCUT2D eigenvalue weighted by Gasteiger charge is -2.34. The minimum absolute atomic E-state index is 0.0570. The zero-order valence-electron chi connectivity index (χ0n) is 22.9. The van der Waals surface area contributed by atoms with E-state index in [9.17, 15) is 14.4 Å². The molecule has 3 rings (SSSR count). The van der Waals surface area contributed by atoms with Crippen molar-refractivity contribution < 1.29 is 28.6 Å². The highest BCUT2D eigenvalue weighted by Crippen LogP contribution is 2.38. The fourth-order valence-electron chi connectivity index (χ4n) is 4.38. The Hall–Kier alpha value is -3.81. The number of benzene rings is 2. The second-order valence-electron chi connectivity index (χ2n) is 10.5. The van der Waals surface area contributed by atoms with Gasteiger partial charge in [0.1, 0.15) is 24.4 Å². The van der Waals surface area contributed by atoms with Crippen LogP contribution in [0.5, 0.6) is 0 Å². The molecular formula is C30H38N2O6. The van der Waals surface area contributed by atoms with Crippen LogP contribution in [0.25, 0.3) is 0 Å². The number of carbonyl (C=O) groups is 3. The number of hydrogen-bond donors (Lipinski definition) is 0. The summed E-state index contributed by atoms with van der Waals surface area (Å²) < 4.78 is 17.0. The predicted molar refractivity (Wildman–Crippen MR) is 144 cm³/mol. The van der Waals surface area contributed by atoms with Gasteiger partial charge < -0.3 is 19.1 Å². The van der Waals surface area contributed by atoms with Crippen LogP contribution in [-0.2, 0) is 32.2 Å². The summed E-state index contributed by atoms with van der Waals surface area (Å²) in [6.07, 6.45) is 2.88. The summed E-state index contributed by atoms with van der Waals surface area (Å²) in [7, 11) is 1.62. The molecule has 2 atom stereocenters. The van der Waals surface area contributed by atoms with Crippen LogP contribution in [0.2, 0.25) is 0 Å². The van der Waals surface area contributed by atoms with Crippen LogP contribution in [0.1, 0.15) is 51.7 Å². The molecule has 1 unspecified atom stereocenters. The SMILES string of the molecule is CC=CCC1(C(=O)OCc2ccccc2)C[C@@H](N(C)C(=O)OC(C)(C)C)CN1C(=O)OCc1ccccc1. The Balaban J connectivity index is 1.89. The Morgan fingerprint density at radius 2 is 1.53 bits per heavy atom. The van der Waals surface area contributed by atoms with E-state index >= 15 is 0 Å². The summed E-state index contributed by atoms with van der Waals surface area (Å²) in [6.45, 7) is 7.44. The Labute approximate surface area is 225 Å². The van der Waals surface area contributed by atoms with Gasteiger partial charge >= 0.3 is 18.2 Å². The van der Waals surface area contributed by atoms with E-state index in [1.54, 1.807) is 27.8 Å². The van der Waals surface area contributed by atoms with Crippen LogP contribution in [0, 0.1) is 0 Å². The van der Waals surface area contributed by atoms with Crippen molar-refractivity contribution in [3.05, 3.63) is 83.9 Å². The molecule has 0 radical (unpaired) electrons. The van der Waals surface area contributed by atoms with Gasteiger partial charge in [-0.3, -0.25) is 4.90 Å². The van der Waals surface area contributed by atoms with Gasteiger partial charge in [-0.15, -0.1) is 0 Å². The monoisotopic (exact) mass is 522 g/mol. The van der Waals surface area contributed by atoms with Gasteiger partial charge in [0.2, 0.25) is 0 Å².